The number of alkyl halides is 1. The van der Waals surface area contributed by atoms with Crippen LogP contribution in [0.5, 0.6) is 0 Å². The van der Waals surface area contributed by atoms with Crippen LogP contribution in [0.4, 0.5) is 0 Å². The first-order chi connectivity index (χ1) is 4.16. The van der Waals surface area contributed by atoms with Gasteiger partial charge < -0.3 is 0 Å². The van der Waals surface area contributed by atoms with Crippen molar-refractivity contribution in [3.8, 4) is 0 Å². The Hall–Kier alpha value is 0.600. The Kier molecular flexibility index (Phi) is 2.30. The van der Waals surface area contributed by atoms with E-state index < -0.39 is 0 Å². The van der Waals surface area contributed by atoms with Gasteiger partial charge in [0.1, 0.15) is 4.83 Å². The number of thioether (sulfide) groups is 1. The molecule has 2 atom stereocenters. The summed E-state index contributed by atoms with van der Waals surface area (Å²) in [7, 11) is 0. The zero-order valence-electron chi connectivity index (χ0n) is 5.78. The summed E-state index contributed by atoms with van der Waals surface area (Å²) in [4.78, 5) is 0.134. The monoisotopic (exact) mass is 165 g/mol. The normalized spacial score (nSPS) is 43.7. The molecule has 1 heterocycles. The predicted octanol–water partition coefficient (Wildman–Crippen LogP) is 2.01. The first-order valence-corrected chi connectivity index (χ1v) is 4.53. The van der Waals surface area contributed by atoms with E-state index in [9.17, 15) is 0 Å². The van der Waals surface area contributed by atoms with E-state index in [1.165, 1.54) is 6.42 Å². The van der Waals surface area contributed by atoms with Gasteiger partial charge in [-0.2, -0.15) is 0 Å². The van der Waals surface area contributed by atoms with Gasteiger partial charge in [-0.05, 0) is 13.3 Å². The molecule has 0 saturated carbocycles. The Balaban J connectivity index is 2.45. The summed E-state index contributed by atoms with van der Waals surface area (Å²) < 4.78 is 0.381. The quantitative estimate of drug-likeness (QED) is 0.472. The van der Waals surface area contributed by atoms with Crippen molar-refractivity contribution >= 4 is 23.4 Å². The smallest absolute Gasteiger partial charge is 0.130 e. The summed E-state index contributed by atoms with van der Waals surface area (Å²) in [6.45, 7) is 5.49. The zero-order chi connectivity index (χ0) is 6.91. The fraction of sp³-hybridized carbons (Fsp3) is 1.00. The molecule has 1 saturated heterocycles. The van der Waals surface area contributed by atoms with Crippen LogP contribution < -0.4 is 5.32 Å². The first-order valence-electron chi connectivity index (χ1n) is 3.21. The Labute approximate surface area is 65.5 Å². The van der Waals surface area contributed by atoms with Crippen molar-refractivity contribution in [2.75, 3.05) is 6.54 Å². The Morgan fingerprint density at radius 3 is 2.78 bits per heavy atom. The lowest BCUT2D eigenvalue weighted by Crippen LogP contribution is -2.24. The van der Waals surface area contributed by atoms with Gasteiger partial charge in [0.05, 0.1) is 0 Å². The molecule has 9 heavy (non-hydrogen) atoms. The molecule has 0 aliphatic carbocycles. The average molecular weight is 166 g/mol. The van der Waals surface area contributed by atoms with Crippen LogP contribution in [-0.4, -0.2) is 16.1 Å². The largest absolute Gasteiger partial charge is 0.292 e. The van der Waals surface area contributed by atoms with Crippen molar-refractivity contribution in [1.29, 1.82) is 0 Å². The van der Waals surface area contributed by atoms with E-state index in [1.54, 1.807) is 0 Å². The van der Waals surface area contributed by atoms with Gasteiger partial charge in [0.15, 0.2) is 0 Å². The van der Waals surface area contributed by atoms with Gasteiger partial charge in [-0.25, -0.2) is 0 Å². The van der Waals surface area contributed by atoms with E-state index in [0.717, 1.165) is 6.54 Å². The second-order valence-electron chi connectivity index (χ2n) is 2.62. The van der Waals surface area contributed by atoms with Crippen LogP contribution in [0.1, 0.15) is 20.3 Å². The number of halogens is 1. The third-order valence-electron chi connectivity index (χ3n) is 1.77. The highest BCUT2D eigenvalue weighted by Gasteiger charge is 2.32. The SMILES string of the molecule is CCC1(C)CNC(Cl)S1. The van der Waals surface area contributed by atoms with E-state index in [-0.39, 0.29) is 4.83 Å². The number of nitrogens with one attached hydrogen (secondary N) is 1. The van der Waals surface area contributed by atoms with Gasteiger partial charge in [0.25, 0.3) is 0 Å². The van der Waals surface area contributed by atoms with Crippen LogP contribution in [0.2, 0.25) is 0 Å². The Morgan fingerprint density at radius 1 is 1.89 bits per heavy atom. The maximum absolute atomic E-state index is 5.83. The molecule has 1 rings (SSSR count). The summed E-state index contributed by atoms with van der Waals surface area (Å²) in [6.07, 6.45) is 1.19. The molecule has 1 aliphatic heterocycles. The third kappa shape index (κ3) is 1.76. The summed E-state index contributed by atoms with van der Waals surface area (Å²) in [5, 5.41) is 3.19. The molecule has 0 aromatic rings. The van der Waals surface area contributed by atoms with Gasteiger partial charge in [0.2, 0.25) is 0 Å². The highest BCUT2D eigenvalue weighted by molar-refractivity contribution is 8.02. The average Bonchev–Trinajstić information content (AvgIpc) is 2.13. The van der Waals surface area contributed by atoms with Crippen molar-refractivity contribution in [2.45, 2.75) is 29.8 Å². The van der Waals surface area contributed by atoms with Crippen molar-refractivity contribution in [2.24, 2.45) is 0 Å². The molecule has 1 N–H and O–H groups in total. The molecule has 0 spiro atoms. The highest BCUT2D eigenvalue weighted by atomic mass is 35.5. The van der Waals surface area contributed by atoms with Gasteiger partial charge in [0, 0.05) is 11.3 Å². The van der Waals surface area contributed by atoms with E-state index in [4.69, 9.17) is 11.6 Å². The standard InChI is InChI=1S/C6H12ClNS/c1-3-6(2)4-8-5(7)9-6/h5,8H,3-4H2,1-2H3. The van der Waals surface area contributed by atoms with Gasteiger partial charge in [-0.1, -0.05) is 18.5 Å². The summed E-state index contributed by atoms with van der Waals surface area (Å²) in [5.41, 5.74) is 0. The number of rotatable bonds is 1. The van der Waals surface area contributed by atoms with Crippen LogP contribution in [0.25, 0.3) is 0 Å². The Bertz CT molecular complexity index is 109. The fourth-order valence-corrected chi connectivity index (χ4v) is 2.56. The molecule has 54 valence electrons. The molecular weight excluding hydrogens is 154 g/mol. The van der Waals surface area contributed by atoms with Crippen LogP contribution in [0, 0.1) is 0 Å². The minimum atomic E-state index is 0.134. The van der Waals surface area contributed by atoms with Crippen molar-refractivity contribution in [3.05, 3.63) is 0 Å². The molecule has 0 radical (unpaired) electrons. The van der Waals surface area contributed by atoms with Crippen molar-refractivity contribution < 1.29 is 0 Å². The maximum atomic E-state index is 5.83. The van der Waals surface area contributed by atoms with Gasteiger partial charge in [-0.15, -0.1) is 11.8 Å². The molecule has 0 aromatic heterocycles. The lowest BCUT2D eigenvalue weighted by molar-refractivity contribution is 0.599. The Morgan fingerprint density at radius 2 is 2.56 bits per heavy atom. The molecular formula is C6H12ClNS. The van der Waals surface area contributed by atoms with Crippen LogP contribution in [0.15, 0.2) is 0 Å². The number of hydrogen-bond donors (Lipinski definition) is 1. The summed E-state index contributed by atoms with van der Waals surface area (Å²) in [5.74, 6) is 0. The lowest BCUT2D eigenvalue weighted by atomic mass is 10.1. The molecule has 0 bridgehead atoms. The maximum Gasteiger partial charge on any atom is 0.130 e. The molecule has 1 aliphatic rings. The molecule has 0 amide bonds. The zero-order valence-corrected chi connectivity index (χ0v) is 7.35. The van der Waals surface area contributed by atoms with Gasteiger partial charge >= 0.3 is 0 Å². The summed E-state index contributed by atoms with van der Waals surface area (Å²) in [6, 6.07) is 0. The third-order valence-corrected chi connectivity index (χ3v) is 3.57. The molecule has 0 aromatic carbocycles. The van der Waals surface area contributed by atoms with Crippen molar-refractivity contribution in [3.63, 3.8) is 0 Å². The first kappa shape index (κ1) is 7.70. The van der Waals surface area contributed by atoms with E-state index in [1.807, 2.05) is 11.8 Å². The van der Waals surface area contributed by atoms with Crippen LogP contribution in [0.3, 0.4) is 0 Å². The highest BCUT2D eigenvalue weighted by Crippen LogP contribution is 2.37. The fourth-order valence-electron chi connectivity index (χ4n) is 0.838. The van der Waals surface area contributed by atoms with E-state index in [2.05, 4.69) is 19.2 Å². The number of hydrogen-bond acceptors (Lipinski definition) is 2. The lowest BCUT2D eigenvalue weighted by Gasteiger charge is -2.17. The molecule has 2 unspecified atom stereocenters. The van der Waals surface area contributed by atoms with Crippen LogP contribution >= 0.6 is 23.4 Å². The topological polar surface area (TPSA) is 12.0 Å². The summed E-state index contributed by atoms with van der Waals surface area (Å²) >= 11 is 7.65. The minimum Gasteiger partial charge on any atom is -0.292 e. The second kappa shape index (κ2) is 2.69. The van der Waals surface area contributed by atoms with Crippen molar-refractivity contribution in [1.82, 2.24) is 5.32 Å². The molecule has 1 fully saturated rings. The molecule has 3 heteroatoms. The molecule has 1 nitrogen and oxygen atoms in total. The predicted molar refractivity (Wildman–Crippen MR) is 43.9 cm³/mol. The van der Waals surface area contributed by atoms with E-state index >= 15 is 0 Å². The van der Waals surface area contributed by atoms with Crippen LogP contribution in [-0.2, 0) is 0 Å². The minimum absolute atomic E-state index is 0.134. The van der Waals surface area contributed by atoms with Gasteiger partial charge in [-0.3, -0.25) is 5.32 Å². The second-order valence-corrected chi connectivity index (χ2v) is 5.01. The van der Waals surface area contributed by atoms with E-state index in [0.29, 0.717) is 4.75 Å².